The first kappa shape index (κ1) is 13.1. The summed E-state index contributed by atoms with van der Waals surface area (Å²) in [6.45, 7) is 7.96. The zero-order valence-corrected chi connectivity index (χ0v) is 9.03. The molecule has 0 aromatic rings. The van der Waals surface area contributed by atoms with E-state index in [1.165, 1.54) is 6.21 Å². The molecule has 0 aliphatic carbocycles. The van der Waals surface area contributed by atoms with E-state index >= 15 is 0 Å². The molecule has 1 atom stereocenters. The summed E-state index contributed by atoms with van der Waals surface area (Å²) in [4.78, 5) is 1.85. The number of rotatable bonds is 3. The van der Waals surface area contributed by atoms with Crippen molar-refractivity contribution >= 4 is 6.21 Å². The molecular formula is C6H12N2OY-2. The predicted octanol–water partition coefficient (Wildman–Crippen LogP) is 0.412. The summed E-state index contributed by atoms with van der Waals surface area (Å²) in [5.74, 6) is 0. The summed E-state index contributed by atoms with van der Waals surface area (Å²) >= 11 is 0. The first-order valence-electron chi connectivity index (χ1n) is 2.72. The summed E-state index contributed by atoms with van der Waals surface area (Å²) in [5.41, 5.74) is 0. The Labute approximate surface area is 87.4 Å². The molecule has 0 bridgehead atoms. The SMILES string of the molecule is [CH2-]CN(C)C([CH2-])/C=N/O.[Y]. The van der Waals surface area contributed by atoms with Crippen LogP contribution in [-0.2, 0) is 32.7 Å². The van der Waals surface area contributed by atoms with Gasteiger partial charge >= 0.3 is 0 Å². The number of hydrogen-bond acceptors (Lipinski definition) is 3. The average Bonchev–Trinajstić information content (AvgIpc) is 1.87. The van der Waals surface area contributed by atoms with Gasteiger partial charge in [0.25, 0.3) is 0 Å². The van der Waals surface area contributed by atoms with Gasteiger partial charge in [0, 0.05) is 38.9 Å². The van der Waals surface area contributed by atoms with E-state index in [2.05, 4.69) is 19.0 Å². The smallest absolute Gasteiger partial charge is 0.0300 e. The average molecular weight is 217 g/mol. The molecule has 10 heavy (non-hydrogen) atoms. The Morgan fingerprint density at radius 3 is 2.60 bits per heavy atom. The molecular weight excluding hydrogens is 205 g/mol. The van der Waals surface area contributed by atoms with E-state index in [1.807, 2.05) is 11.9 Å². The molecule has 0 spiro atoms. The van der Waals surface area contributed by atoms with Crippen LogP contribution in [0.25, 0.3) is 0 Å². The summed E-state index contributed by atoms with van der Waals surface area (Å²) in [7, 11) is 1.85. The molecule has 3 nitrogen and oxygen atoms in total. The van der Waals surface area contributed by atoms with Crippen LogP contribution in [0.4, 0.5) is 0 Å². The quantitative estimate of drug-likeness (QED) is 0.321. The Kier molecular flexibility index (Phi) is 10.0. The molecule has 0 amide bonds. The third kappa shape index (κ3) is 5.33. The summed E-state index contributed by atoms with van der Waals surface area (Å²) in [6, 6.07) is -0.0903. The molecule has 4 heteroatoms. The van der Waals surface area contributed by atoms with Crippen molar-refractivity contribution in [3.63, 3.8) is 0 Å². The standard InChI is InChI=1S/C6H12N2O.Y/c1-4-8(3)6(2)5-7-9;/h5-6,9H,1-2,4H2,3H3;/q-2;/b7-5+;. The summed E-state index contributed by atoms with van der Waals surface area (Å²) in [6.07, 6.45) is 1.35. The minimum atomic E-state index is -0.0903. The van der Waals surface area contributed by atoms with Gasteiger partial charge in [0.15, 0.2) is 0 Å². The molecule has 0 heterocycles. The van der Waals surface area contributed by atoms with Crippen LogP contribution in [0.1, 0.15) is 0 Å². The summed E-state index contributed by atoms with van der Waals surface area (Å²) < 4.78 is 0. The Balaban J connectivity index is 0. The zero-order chi connectivity index (χ0) is 7.28. The molecule has 0 aromatic carbocycles. The fourth-order valence-corrected chi connectivity index (χ4v) is 0.357. The van der Waals surface area contributed by atoms with Crippen molar-refractivity contribution < 1.29 is 37.9 Å². The van der Waals surface area contributed by atoms with Crippen LogP contribution in [0.5, 0.6) is 0 Å². The van der Waals surface area contributed by atoms with Crippen molar-refractivity contribution in [2.75, 3.05) is 13.6 Å². The molecule has 1 radical (unpaired) electrons. The van der Waals surface area contributed by atoms with E-state index in [4.69, 9.17) is 5.21 Å². The van der Waals surface area contributed by atoms with E-state index in [1.54, 1.807) is 0 Å². The van der Waals surface area contributed by atoms with Crippen molar-refractivity contribution in [2.45, 2.75) is 6.04 Å². The fraction of sp³-hybridized carbons (Fsp3) is 0.500. The van der Waals surface area contributed by atoms with Crippen LogP contribution in [-0.4, -0.2) is 36.0 Å². The minimum absolute atomic E-state index is 0. The van der Waals surface area contributed by atoms with E-state index in [0.29, 0.717) is 6.54 Å². The number of nitrogens with zero attached hydrogens (tertiary/aromatic N) is 2. The second-order valence-corrected chi connectivity index (χ2v) is 1.81. The molecule has 1 unspecified atom stereocenters. The van der Waals surface area contributed by atoms with Gasteiger partial charge in [-0.2, -0.15) is 0 Å². The minimum Gasteiger partial charge on any atom is -0.411 e. The number of oxime groups is 1. The van der Waals surface area contributed by atoms with Gasteiger partial charge in [-0.1, -0.05) is 6.04 Å². The molecule has 0 saturated heterocycles. The molecule has 0 aliphatic rings. The molecule has 0 aliphatic heterocycles. The van der Waals surface area contributed by atoms with Crippen LogP contribution in [0, 0.1) is 13.8 Å². The number of hydrogen-bond donors (Lipinski definition) is 1. The van der Waals surface area contributed by atoms with Gasteiger partial charge in [0.1, 0.15) is 0 Å². The first-order valence-corrected chi connectivity index (χ1v) is 2.72. The maximum Gasteiger partial charge on any atom is 0.0300 e. The van der Waals surface area contributed by atoms with Crippen LogP contribution in [0.15, 0.2) is 5.16 Å². The Morgan fingerprint density at radius 1 is 1.80 bits per heavy atom. The Hall–Kier alpha value is 0.534. The van der Waals surface area contributed by atoms with E-state index in [0.717, 1.165) is 0 Å². The molecule has 1 N–H and O–H groups in total. The topological polar surface area (TPSA) is 35.8 Å². The fourth-order valence-electron chi connectivity index (χ4n) is 0.357. The second-order valence-electron chi connectivity index (χ2n) is 1.81. The second kappa shape index (κ2) is 7.64. The van der Waals surface area contributed by atoms with Crippen LogP contribution in [0.2, 0.25) is 0 Å². The van der Waals surface area contributed by atoms with Gasteiger partial charge in [-0.05, 0) is 7.05 Å². The zero-order valence-electron chi connectivity index (χ0n) is 6.20. The molecule has 0 saturated carbocycles. The monoisotopic (exact) mass is 217 g/mol. The van der Waals surface area contributed by atoms with E-state index < -0.39 is 0 Å². The predicted molar refractivity (Wildman–Crippen MR) is 37.4 cm³/mol. The third-order valence-corrected chi connectivity index (χ3v) is 1.16. The third-order valence-electron chi connectivity index (χ3n) is 1.16. The van der Waals surface area contributed by atoms with E-state index in [9.17, 15) is 0 Å². The maximum atomic E-state index is 8.06. The van der Waals surface area contributed by atoms with Gasteiger partial charge in [0.2, 0.25) is 0 Å². The van der Waals surface area contributed by atoms with Crippen molar-refractivity contribution in [2.24, 2.45) is 5.16 Å². The van der Waals surface area contributed by atoms with Gasteiger partial charge < -0.3 is 24.0 Å². The molecule has 57 valence electrons. The van der Waals surface area contributed by atoms with Crippen molar-refractivity contribution in [1.29, 1.82) is 0 Å². The normalized spacial score (nSPS) is 13.6. The van der Waals surface area contributed by atoms with Gasteiger partial charge in [-0.3, -0.25) is 0 Å². The first-order chi connectivity index (χ1) is 4.22. The van der Waals surface area contributed by atoms with Crippen molar-refractivity contribution in [1.82, 2.24) is 4.90 Å². The Morgan fingerprint density at radius 2 is 2.30 bits per heavy atom. The van der Waals surface area contributed by atoms with Gasteiger partial charge in [-0.15, -0.1) is 11.7 Å². The van der Waals surface area contributed by atoms with Gasteiger partial charge in [-0.25, -0.2) is 0 Å². The maximum absolute atomic E-state index is 8.06. The van der Waals surface area contributed by atoms with Crippen molar-refractivity contribution in [3.8, 4) is 0 Å². The van der Waals surface area contributed by atoms with Gasteiger partial charge in [0.05, 0.1) is 0 Å². The summed E-state index contributed by atoms with van der Waals surface area (Å²) in [5, 5.41) is 10.9. The van der Waals surface area contributed by atoms with Crippen LogP contribution < -0.4 is 0 Å². The largest absolute Gasteiger partial charge is 0.411 e. The van der Waals surface area contributed by atoms with Crippen LogP contribution >= 0.6 is 0 Å². The molecule has 0 rings (SSSR count). The Bertz CT molecular complexity index is 97.7. The van der Waals surface area contributed by atoms with Crippen molar-refractivity contribution in [3.05, 3.63) is 13.8 Å². The van der Waals surface area contributed by atoms with E-state index in [-0.39, 0.29) is 38.8 Å². The molecule has 0 aromatic heterocycles. The van der Waals surface area contributed by atoms with Crippen LogP contribution in [0.3, 0.4) is 0 Å². The molecule has 0 fully saturated rings.